The van der Waals surface area contributed by atoms with Crippen molar-refractivity contribution < 1.29 is 4.79 Å². The maximum Gasteiger partial charge on any atom is 0.248 e. The number of hydrogen-bond acceptors (Lipinski definition) is 2. The van der Waals surface area contributed by atoms with Gasteiger partial charge in [0.05, 0.1) is 11.7 Å². The molecular weight excluding hydrogens is 234 g/mol. The molecule has 0 bridgehead atoms. The van der Waals surface area contributed by atoms with Crippen LogP contribution in [0.2, 0.25) is 0 Å². The molecule has 66 valence electrons. The number of hydrogen-bond donors (Lipinski definition) is 2. The van der Waals surface area contributed by atoms with Gasteiger partial charge in [-0.3, -0.25) is 9.89 Å². The second-order valence-corrected chi connectivity index (χ2v) is 3.51. The number of aromatic nitrogens is 2. The third-order valence-electron chi connectivity index (χ3n) is 1.79. The molecule has 0 aliphatic rings. The summed E-state index contributed by atoms with van der Waals surface area (Å²) in [5, 5.41) is 7.56. The van der Waals surface area contributed by atoms with Crippen molar-refractivity contribution in [3.63, 3.8) is 0 Å². The Morgan fingerprint density at radius 3 is 3.00 bits per heavy atom. The number of benzene rings is 1. The maximum atomic E-state index is 10.9. The second kappa shape index (κ2) is 2.85. The van der Waals surface area contributed by atoms with E-state index in [1.165, 1.54) is 0 Å². The number of carbonyl (C=O) groups is 1. The van der Waals surface area contributed by atoms with E-state index in [9.17, 15) is 4.79 Å². The Morgan fingerprint density at radius 2 is 2.31 bits per heavy atom. The van der Waals surface area contributed by atoms with E-state index >= 15 is 0 Å². The molecule has 13 heavy (non-hydrogen) atoms. The second-order valence-electron chi connectivity index (χ2n) is 2.65. The number of nitrogens with one attached hydrogen (secondary N) is 1. The molecule has 3 N–H and O–H groups in total. The van der Waals surface area contributed by atoms with Crippen molar-refractivity contribution in [2.24, 2.45) is 5.73 Å². The summed E-state index contributed by atoms with van der Waals surface area (Å²) in [5.74, 6) is -0.447. The van der Waals surface area contributed by atoms with Crippen LogP contribution in [0, 0.1) is 0 Å². The Morgan fingerprint density at radius 1 is 1.54 bits per heavy atom. The van der Waals surface area contributed by atoms with Crippen LogP contribution < -0.4 is 5.73 Å². The quantitative estimate of drug-likeness (QED) is 0.791. The van der Waals surface area contributed by atoms with Crippen molar-refractivity contribution in [2.75, 3.05) is 0 Å². The molecular formula is C8H6BrN3O. The van der Waals surface area contributed by atoms with E-state index in [1.54, 1.807) is 18.3 Å². The van der Waals surface area contributed by atoms with Gasteiger partial charge in [-0.2, -0.15) is 5.10 Å². The fourth-order valence-corrected chi connectivity index (χ4v) is 1.71. The summed E-state index contributed by atoms with van der Waals surface area (Å²) in [5.41, 5.74) is 6.40. The van der Waals surface area contributed by atoms with Crippen LogP contribution in [0.5, 0.6) is 0 Å². The van der Waals surface area contributed by atoms with Gasteiger partial charge < -0.3 is 5.73 Å². The summed E-state index contributed by atoms with van der Waals surface area (Å²) >= 11 is 3.33. The first-order chi connectivity index (χ1) is 6.18. The van der Waals surface area contributed by atoms with Gasteiger partial charge in [0.1, 0.15) is 0 Å². The minimum absolute atomic E-state index is 0.447. The fraction of sp³-hybridized carbons (Fsp3) is 0. The summed E-state index contributed by atoms with van der Waals surface area (Å²) in [6, 6.07) is 3.36. The minimum Gasteiger partial charge on any atom is -0.366 e. The predicted octanol–water partition coefficient (Wildman–Crippen LogP) is 1.42. The monoisotopic (exact) mass is 239 g/mol. The number of aromatic amines is 1. The van der Waals surface area contributed by atoms with Crippen LogP contribution >= 0.6 is 15.9 Å². The van der Waals surface area contributed by atoms with Gasteiger partial charge in [-0.25, -0.2) is 0 Å². The van der Waals surface area contributed by atoms with Crippen LogP contribution in [0.1, 0.15) is 10.4 Å². The Hall–Kier alpha value is -1.36. The highest BCUT2D eigenvalue weighted by atomic mass is 79.9. The van der Waals surface area contributed by atoms with E-state index < -0.39 is 5.91 Å². The highest BCUT2D eigenvalue weighted by Crippen LogP contribution is 2.23. The van der Waals surface area contributed by atoms with Crippen molar-refractivity contribution >= 4 is 32.7 Å². The molecule has 4 nitrogen and oxygen atoms in total. The van der Waals surface area contributed by atoms with Crippen molar-refractivity contribution in [3.05, 3.63) is 28.4 Å². The molecule has 1 aromatic heterocycles. The van der Waals surface area contributed by atoms with Gasteiger partial charge in [0.15, 0.2) is 0 Å². The zero-order valence-corrected chi connectivity index (χ0v) is 8.13. The Labute approximate surface area is 82.2 Å². The predicted molar refractivity (Wildman–Crippen MR) is 52.3 cm³/mol. The topological polar surface area (TPSA) is 71.8 Å². The number of H-pyrrole nitrogens is 1. The lowest BCUT2D eigenvalue weighted by Gasteiger charge is -1.97. The Kier molecular flexibility index (Phi) is 1.81. The summed E-state index contributed by atoms with van der Waals surface area (Å²) in [6.07, 6.45) is 1.68. The van der Waals surface area contributed by atoms with Crippen LogP contribution in [-0.2, 0) is 0 Å². The largest absolute Gasteiger partial charge is 0.366 e. The molecule has 5 heteroatoms. The Bertz CT molecular complexity index is 477. The first kappa shape index (κ1) is 8.25. The molecule has 0 aliphatic carbocycles. The highest BCUT2D eigenvalue weighted by molar-refractivity contribution is 9.10. The normalized spacial score (nSPS) is 10.5. The van der Waals surface area contributed by atoms with Crippen molar-refractivity contribution in [2.45, 2.75) is 0 Å². The van der Waals surface area contributed by atoms with Crippen molar-refractivity contribution in [3.8, 4) is 0 Å². The van der Waals surface area contributed by atoms with Gasteiger partial charge in [0.2, 0.25) is 5.91 Å². The van der Waals surface area contributed by atoms with Crippen LogP contribution in [0.15, 0.2) is 22.8 Å². The molecule has 0 saturated carbocycles. The van der Waals surface area contributed by atoms with Crippen LogP contribution in [0.3, 0.4) is 0 Å². The number of amides is 1. The van der Waals surface area contributed by atoms with E-state index in [0.717, 1.165) is 15.4 Å². The molecule has 0 fully saturated rings. The first-order valence-corrected chi connectivity index (χ1v) is 4.40. The SMILES string of the molecule is NC(=O)c1cc(Br)c2cn[nH]c2c1. The lowest BCUT2D eigenvalue weighted by atomic mass is 10.1. The van der Waals surface area contributed by atoms with Crippen molar-refractivity contribution in [1.82, 2.24) is 10.2 Å². The molecule has 0 atom stereocenters. The van der Waals surface area contributed by atoms with E-state index in [1.807, 2.05) is 0 Å². The lowest BCUT2D eigenvalue weighted by molar-refractivity contribution is 0.100. The number of carbonyl (C=O) groups excluding carboxylic acids is 1. The molecule has 2 rings (SSSR count). The zero-order valence-electron chi connectivity index (χ0n) is 6.54. The maximum absolute atomic E-state index is 10.9. The smallest absolute Gasteiger partial charge is 0.248 e. The van der Waals surface area contributed by atoms with Gasteiger partial charge in [0.25, 0.3) is 0 Å². The minimum atomic E-state index is -0.447. The molecule has 1 amide bonds. The standard InChI is InChI=1S/C8H6BrN3O/c9-6-1-4(8(10)13)2-7-5(6)3-11-12-7/h1-3H,(H2,10,13)(H,11,12). The number of halogens is 1. The molecule has 0 aliphatic heterocycles. The molecule has 1 aromatic carbocycles. The molecule has 0 radical (unpaired) electrons. The van der Waals surface area contributed by atoms with Gasteiger partial charge >= 0.3 is 0 Å². The number of nitrogens with zero attached hydrogens (tertiary/aromatic N) is 1. The van der Waals surface area contributed by atoms with Gasteiger partial charge in [0, 0.05) is 15.4 Å². The van der Waals surface area contributed by atoms with E-state index in [-0.39, 0.29) is 0 Å². The van der Waals surface area contributed by atoms with E-state index in [0.29, 0.717) is 5.56 Å². The molecule has 2 aromatic rings. The van der Waals surface area contributed by atoms with E-state index in [4.69, 9.17) is 5.73 Å². The van der Waals surface area contributed by atoms with Gasteiger partial charge in [-0.1, -0.05) is 15.9 Å². The van der Waals surface area contributed by atoms with Crippen molar-refractivity contribution in [1.29, 1.82) is 0 Å². The van der Waals surface area contributed by atoms with E-state index in [2.05, 4.69) is 26.1 Å². The van der Waals surface area contributed by atoms with Crippen LogP contribution in [0.25, 0.3) is 10.9 Å². The molecule has 0 spiro atoms. The number of fused-ring (bicyclic) bond motifs is 1. The average Bonchev–Trinajstić information content (AvgIpc) is 2.51. The van der Waals surface area contributed by atoms with Crippen LogP contribution in [0.4, 0.5) is 0 Å². The fourth-order valence-electron chi connectivity index (χ4n) is 1.15. The highest BCUT2D eigenvalue weighted by Gasteiger charge is 2.06. The Balaban J connectivity index is 2.77. The number of primary amides is 1. The number of rotatable bonds is 1. The first-order valence-electron chi connectivity index (χ1n) is 3.61. The summed E-state index contributed by atoms with van der Waals surface area (Å²) in [6.45, 7) is 0. The average molecular weight is 240 g/mol. The molecule has 0 saturated heterocycles. The third-order valence-corrected chi connectivity index (χ3v) is 2.45. The summed E-state index contributed by atoms with van der Waals surface area (Å²) in [7, 11) is 0. The molecule has 1 heterocycles. The van der Waals surface area contributed by atoms with Gasteiger partial charge in [-0.05, 0) is 12.1 Å². The number of nitrogens with two attached hydrogens (primary N) is 1. The van der Waals surface area contributed by atoms with Crippen LogP contribution in [-0.4, -0.2) is 16.1 Å². The lowest BCUT2D eigenvalue weighted by Crippen LogP contribution is -2.10. The zero-order chi connectivity index (χ0) is 9.42. The van der Waals surface area contributed by atoms with Gasteiger partial charge in [-0.15, -0.1) is 0 Å². The third kappa shape index (κ3) is 1.31. The molecule has 0 unspecified atom stereocenters. The summed E-state index contributed by atoms with van der Waals surface area (Å²) in [4.78, 5) is 10.9. The summed E-state index contributed by atoms with van der Waals surface area (Å²) < 4.78 is 0.813.